The summed E-state index contributed by atoms with van der Waals surface area (Å²) in [5.74, 6) is 0.461. The smallest absolute Gasteiger partial charge is 0.240 e. The van der Waals surface area contributed by atoms with Gasteiger partial charge in [-0.3, -0.25) is 0 Å². The van der Waals surface area contributed by atoms with E-state index in [2.05, 4.69) is 23.9 Å². The summed E-state index contributed by atoms with van der Waals surface area (Å²) < 4.78 is 27.1. The van der Waals surface area contributed by atoms with Crippen LogP contribution in [0.15, 0.2) is 29.2 Å². The molecule has 1 aromatic carbocycles. The Labute approximate surface area is 122 Å². The molecular formula is C15H24N2O2S. The fraction of sp³-hybridized carbons (Fsp3) is 0.600. The average molecular weight is 296 g/mol. The molecule has 4 nitrogen and oxygen atoms in total. The average Bonchev–Trinajstić information content (AvgIpc) is 2.98. The van der Waals surface area contributed by atoms with Crippen LogP contribution in [0.3, 0.4) is 0 Å². The van der Waals surface area contributed by atoms with Gasteiger partial charge < -0.3 is 5.32 Å². The van der Waals surface area contributed by atoms with Gasteiger partial charge in [0.1, 0.15) is 0 Å². The molecule has 1 aliphatic heterocycles. The lowest BCUT2D eigenvalue weighted by Gasteiger charge is -2.13. The van der Waals surface area contributed by atoms with Crippen LogP contribution in [0.1, 0.15) is 44.6 Å². The number of hydrogen-bond acceptors (Lipinski definition) is 3. The van der Waals surface area contributed by atoms with Crippen LogP contribution in [0.4, 0.5) is 0 Å². The van der Waals surface area contributed by atoms with E-state index in [0.717, 1.165) is 25.8 Å². The van der Waals surface area contributed by atoms with E-state index in [9.17, 15) is 8.42 Å². The van der Waals surface area contributed by atoms with Gasteiger partial charge in [0.2, 0.25) is 10.0 Å². The molecule has 0 aromatic heterocycles. The second-order valence-corrected chi connectivity index (χ2v) is 7.29. The molecular weight excluding hydrogens is 272 g/mol. The zero-order chi connectivity index (χ0) is 14.6. The van der Waals surface area contributed by atoms with E-state index < -0.39 is 10.0 Å². The molecule has 1 saturated heterocycles. The number of benzene rings is 1. The maximum atomic E-state index is 12.2. The predicted molar refractivity (Wildman–Crippen MR) is 81.4 cm³/mol. The molecule has 2 atom stereocenters. The topological polar surface area (TPSA) is 58.2 Å². The van der Waals surface area contributed by atoms with Crippen LogP contribution in [0.25, 0.3) is 0 Å². The predicted octanol–water partition coefficient (Wildman–Crippen LogP) is 2.23. The van der Waals surface area contributed by atoms with Crippen molar-refractivity contribution in [2.24, 2.45) is 0 Å². The van der Waals surface area contributed by atoms with Gasteiger partial charge in [-0.15, -0.1) is 0 Å². The van der Waals surface area contributed by atoms with Crippen molar-refractivity contribution in [1.29, 1.82) is 0 Å². The second kappa shape index (κ2) is 6.70. The van der Waals surface area contributed by atoms with Crippen LogP contribution in [-0.4, -0.2) is 27.5 Å². The van der Waals surface area contributed by atoms with Crippen molar-refractivity contribution < 1.29 is 8.42 Å². The summed E-state index contributed by atoms with van der Waals surface area (Å²) in [6.07, 6.45) is 3.21. The highest BCUT2D eigenvalue weighted by atomic mass is 32.2. The summed E-state index contributed by atoms with van der Waals surface area (Å²) in [5.41, 5.74) is 1.18. The molecule has 112 valence electrons. The van der Waals surface area contributed by atoms with Crippen molar-refractivity contribution in [2.45, 2.75) is 50.0 Å². The third kappa shape index (κ3) is 3.81. The molecule has 0 aliphatic carbocycles. The molecule has 2 unspecified atom stereocenters. The Morgan fingerprint density at radius 1 is 1.35 bits per heavy atom. The first-order chi connectivity index (χ1) is 9.53. The van der Waals surface area contributed by atoms with E-state index in [-0.39, 0.29) is 6.04 Å². The molecule has 20 heavy (non-hydrogen) atoms. The molecule has 0 bridgehead atoms. The van der Waals surface area contributed by atoms with E-state index in [1.807, 2.05) is 12.1 Å². The summed E-state index contributed by atoms with van der Waals surface area (Å²) in [7, 11) is -3.39. The molecule has 1 aromatic rings. The third-order valence-corrected chi connectivity index (χ3v) is 5.49. The fourth-order valence-electron chi connectivity index (χ4n) is 2.44. The van der Waals surface area contributed by atoms with Gasteiger partial charge in [0.05, 0.1) is 4.90 Å². The monoisotopic (exact) mass is 296 g/mol. The standard InChI is InChI=1S/C15H24N2O2S/c1-3-12(2)13-6-8-15(9-7-13)20(18,19)17-11-14-5-4-10-16-14/h6-9,12,14,16-17H,3-5,10-11H2,1-2H3. The highest BCUT2D eigenvalue weighted by molar-refractivity contribution is 7.89. The number of nitrogens with one attached hydrogen (secondary N) is 2. The molecule has 2 rings (SSSR count). The van der Waals surface area contributed by atoms with Crippen LogP contribution in [0, 0.1) is 0 Å². The van der Waals surface area contributed by atoms with Gasteiger partial charge in [0, 0.05) is 12.6 Å². The fourth-order valence-corrected chi connectivity index (χ4v) is 3.52. The van der Waals surface area contributed by atoms with Gasteiger partial charge in [-0.05, 0) is 49.4 Å². The Morgan fingerprint density at radius 2 is 2.05 bits per heavy atom. The summed E-state index contributed by atoms with van der Waals surface area (Å²) in [6.45, 7) is 5.73. The zero-order valence-corrected chi connectivity index (χ0v) is 13.0. The summed E-state index contributed by atoms with van der Waals surface area (Å²) in [5, 5.41) is 3.29. The van der Waals surface area contributed by atoms with Gasteiger partial charge in [0.15, 0.2) is 0 Å². The van der Waals surface area contributed by atoms with E-state index in [0.29, 0.717) is 17.4 Å². The van der Waals surface area contributed by atoms with Gasteiger partial charge in [-0.2, -0.15) is 0 Å². The second-order valence-electron chi connectivity index (χ2n) is 5.52. The normalized spacial score (nSPS) is 21.0. The lowest BCUT2D eigenvalue weighted by Crippen LogP contribution is -2.37. The first-order valence-electron chi connectivity index (χ1n) is 7.36. The molecule has 0 amide bonds. The lowest BCUT2D eigenvalue weighted by molar-refractivity contribution is 0.551. The molecule has 0 saturated carbocycles. The molecule has 0 spiro atoms. The molecule has 2 N–H and O–H groups in total. The quantitative estimate of drug-likeness (QED) is 0.846. The molecule has 1 heterocycles. The third-order valence-electron chi connectivity index (χ3n) is 4.05. The van der Waals surface area contributed by atoms with E-state index >= 15 is 0 Å². The minimum atomic E-state index is -3.39. The number of hydrogen-bond donors (Lipinski definition) is 2. The molecule has 5 heteroatoms. The maximum absolute atomic E-state index is 12.2. The summed E-state index contributed by atoms with van der Waals surface area (Å²) >= 11 is 0. The van der Waals surface area contributed by atoms with Gasteiger partial charge in [-0.1, -0.05) is 26.0 Å². The van der Waals surface area contributed by atoms with E-state index in [4.69, 9.17) is 0 Å². The maximum Gasteiger partial charge on any atom is 0.240 e. The van der Waals surface area contributed by atoms with E-state index in [1.165, 1.54) is 5.56 Å². The van der Waals surface area contributed by atoms with Gasteiger partial charge in [0.25, 0.3) is 0 Å². The van der Waals surface area contributed by atoms with Crippen molar-refractivity contribution in [1.82, 2.24) is 10.0 Å². The Bertz CT molecular complexity index is 519. The molecule has 0 radical (unpaired) electrons. The van der Waals surface area contributed by atoms with Crippen molar-refractivity contribution >= 4 is 10.0 Å². The highest BCUT2D eigenvalue weighted by Crippen LogP contribution is 2.20. The SMILES string of the molecule is CCC(C)c1ccc(S(=O)(=O)NCC2CCCN2)cc1. The number of rotatable bonds is 6. The van der Waals surface area contributed by atoms with E-state index in [1.54, 1.807) is 12.1 Å². The Balaban J connectivity index is 2.01. The number of sulfonamides is 1. The van der Waals surface area contributed by atoms with Crippen molar-refractivity contribution in [3.63, 3.8) is 0 Å². The van der Waals surface area contributed by atoms with Crippen LogP contribution >= 0.6 is 0 Å². The largest absolute Gasteiger partial charge is 0.313 e. The molecule has 1 fully saturated rings. The minimum Gasteiger partial charge on any atom is -0.313 e. The van der Waals surface area contributed by atoms with Crippen molar-refractivity contribution in [3.8, 4) is 0 Å². The Kier molecular flexibility index (Phi) is 5.18. The highest BCUT2D eigenvalue weighted by Gasteiger charge is 2.19. The van der Waals surface area contributed by atoms with Crippen molar-refractivity contribution in [2.75, 3.05) is 13.1 Å². The van der Waals surface area contributed by atoms with Crippen LogP contribution in [0.2, 0.25) is 0 Å². The molecule has 1 aliphatic rings. The van der Waals surface area contributed by atoms with Gasteiger partial charge in [-0.25, -0.2) is 13.1 Å². The van der Waals surface area contributed by atoms with Crippen LogP contribution in [-0.2, 0) is 10.0 Å². The summed E-state index contributed by atoms with van der Waals surface area (Å²) in [4.78, 5) is 0.350. The first kappa shape index (κ1) is 15.5. The first-order valence-corrected chi connectivity index (χ1v) is 8.84. The van der Waals surface area contributed by atoms with Gasteiger partial charge >= 0.3 is 0 Å². The van der Waals surface area contributed by atoms with Crippen LogP contribution < -0.4 is 10.0 Å². The lowest BCUT2D eigenvalue weighted by atomic mass is 9.99. The van der Waals surface area contributed by atoms with Crippen molar-refractivity contribution in [3.05, 3.63) is 29.8 Å². The Hall–Kier alpha value is -0.910. The summed E-state index contributed by atoms with van der Waals surface area (Å²) in [6, 6.07) is 7.49. The van der Waals surface area contributed by atoms with Crippen LogP contribution in [0.5, 0.6) is 0 Å². The zero-order valence-electron chi connectivity index (χ0n) is 12.2. The minimum absolute atomic E-state index is 0.268. The Morgan fingerprint density at radius 3 is 2.60 bits per heavy atom.